The second kappa shape index (κ2) is 8.39. The molecule has 7 nitrogen and oxygen atoms in total. The third-order valence-corrected chi connectivity index (χ3v) is 5.54. The summed E-state index contributed by atoms with van der Waals surface area (Å²) < 4.78 is 0. The normalized spacial score (nSPS) is 22.0. The third-order valence-electron chi connectivity index (χ3n) is 5.54. The molecule has 1 atom stereocenters. The van der Waals surface area contributed by atoms with Gasteiger partial charge in [0.15, 0.2) is 0 Å². The highest BCUT2D eigenvalue weighted by Crippen LogP contribution is 2.28. The Labute approximate surface area is 168 Å². The molecule has 0 radical (unpaired) electrons. The first-order valence-electron chi connectivity index (χ1n) is 10.1. The molecule has 2 aliphatic heterocycles. The number of hydrogen-bond donors (Lipinski definition) is 2. The van der Waals surface area contributed by atoms with Gasteiger partial charge >= 0.3 is 12.1 Å². The van der Waals surface area contributed by atoms with E-state index in [0.29, 0.717) is 26.2 Å². The van der Waals surface area contributed by atoms with Gasteiger partial charge in [-0.25, -0.2) is 9.59 Å². The van der Waals surface area contributed by atoms with Crippen molar-refractivity contribution in [2.75, 3.05) is 32.7 Å². The molecule has 1 aromatic rings. The molecule has 0 aliphatic carbocycles. The average molecular weight is 388 g/mol. The predicted molar refractivity (Wildman–Crippen MR) is 110 cm³/mol. The molecule has 28 heavy (non-hydrogen) atoms. The number of amides is 4. The molecular formula is C21H33N5O2. The lowest BCUT2D eigenvalue weighted by atomic mass is 9.93. The molecule has 0 unspecified atom stereocenters. The summed E-state index contributed by atoms with van der Waals surface area (Å²) in [5.41, 5.74) is 0.969. The monoisotopic (exact) mass is 387 g/mol. The standard InChI is InChI=1S/C21H33N5O2/c1-16(2)23-20(28)24-10-11-26-18(13-24)14-25(15-21(26,3)4)19(27)22-12-17-8-6-5-7-9-17/h5-9,16,18H,10-15H2,1-4H3,(H,22,27)(H,23,28)/t18-/m0/s1. The largest absolute Gasteiger partial charge is 0.336 e. The zero-order valence-electron chi connectivity index (χ0n) is 17.4. The van der Waals surface area contributed by atoms with E-state index >= 15 is 0 Å². The Hall–Kier alpha value is -2.28. The zero-order valence-corrected chi connectivity index (χ0v) is 17.4. The zero-order chi connectivity index (χ0) is 20.3. The molecule has 154 valence electrons. The Morgan fingerprint density at radius 2 is 1.75 bits per heavy atom. The fourth-order valence-electron chi connectivity index (χ4n) is 4.25. The minimum absolute atomic E-state index is 0.0156. The molecule has 0 saturated carbocycles. The Kier molecular flexibility index (Phi) is 6.13. The van der Waals surface area contributed by atoms with Crippen LogP contribution < -0.4 is 10.6 Å². The maximum atomic E-state index is 12.8. The van der Waals surface area contributed by atoms with E-state index in [0.717, 1.165) is 18.7 Å². The van der Waals surface area contributed by atoms with Crippen LogP contribution in [0.1, 0.15) is 33.3 Å². The number of carbonyl (C=O) groups is 2. The van der Waals surface area contributed by atoms with E-state index in [1.165, 1.54) is 0 Å². The van der Waals surface area contributed by atoms with Crippen LogP contribution in [0.5, 0.6) is 0 Å². The molecule has 2 aliphatic rings. The number of benzene rings is 1. The van der Waals surface area contributed by atoms with Gasteiger partial charge in [-0.15, -0.1) is 0 Å². The predicted octanol–water partition coefficient (Wildman–Crippen LogP) is 2.09. The van der Waals surface area contributed by atoms with E-state index in [1.807, 2.05) is 54.0 Å². The van der Waals surface area contributed by atoms with Crippen LogP contribution in [0.4, 0.5) is 9.59 Å². The molecule has 2 saturated heterocycles. The van der Waals surface area contributed by atoms with Crippen LogP contribution in [0.15, 0.2) is 30.3 Å². The molecule has 0 bridgehead atoms. The van der Waals surface area contributed by atoms with Gasteiger partial charge in [-0.1, -0.05) is 30.3 Å². The Bertz CT molecular complexity index is 691. The lowest BCUT2D eigenvalue weighted by Gasteiger charge is -2.55. The van der Waals surface area contributed by atoms with Gasteiger partial charge < -0.3 is 20.4 Å². The van der Waals surface area contributed by atoms with Gasteiger partial charge in [-0.05, 0) is 33.3 Å². The topological polar surface area (TPSA) is 67.9 Å². The van der Waals surface area contributed by atoms with Gasteiger partial charge in [0, 0.05) is 56.9 Å². The fraction of sp³-hybridized carbons (Fsp3) is 0.619. The number of hydrogen-bond acceptors (Lipinski definition) is 3. The highest BCUT2D eigenvalue weighted by atomic mass is 16.2. The molecule has 0 aromatic heterocycles. The van der Waals surface area contributed by atoms with Crippen molar-refractivity contribution in [1.82, 2.24) is 25.3 Å². The van der Waals surface area contributed by atoms with E-state index < -0.39 is 0 Å². The number of piperazine rings is 2. The molecule has 4 amide bonds. The maximum absolute atomic E-state index is 12.8. The second-order valence-electron chi connectivity index (χ2n) is 8.73. The number of urea groups is 2. The maximum Gasteiger partial charge on any atom is 0.317 e. The Morgan fingerprint density at radius 1 is 1.07 bits per heavy atom. The van der Waals surface area contributed by atoms with Gasteiger partial charge in [0.2, 0.25) is 0 Å². The van der Waals surface area contributed by atoms with Gasteiger partial charge in [0.05, 0.1) is 0 Å². The molecule has 7 heteroatoms. The molecule has 2 heterocycles. The summed E-state index contributed by atoms with van der Waals surface area (Å²) in [6, 6.07) is 10.1. The first-order valence-corrected chi connectivity index (χ1v) is 10.1. The quantitative estimate of drug-likeness (QED) is 0.835. The highest BCUT2D eigenvalue weighted by Gasteiger charge is 2.44. The summed E-state index contributed by atoms with van der Waals surface area (Å²) in [5, 5.41) is 6.01. The van der Waals surface area contributed by atoms with Gasteiger partial charge in [-0.3, -0.25) is 4.90 Å². The first kappa shape index (κ1) is 20.5. The van der Waals surface area contributed by atoms with Crippen molar-refractivity contribution in [1.29, 1.82) is 0 Å². The lowest BCUT2D eigenvalue weighted by molar-refractivity contribution is -0.0438. The van der Waals surface area contributed by atoms with Crippen molar-refractivity contribution in [3.05, 3.63) is 35.9 Å². The van der Waals surface area contributed by atoms with Crippen molar-refractivity contribution < 1.29 is 9.59 Å². The minimum atomic E-state index is -0.117. The van der Waals surface area contributed by atoms with E-state index in [-0.39, 0.29) is 29.7 Å². The number of carbonyl (C=O) groups excluding carboxylic acids is 2. The fourth-order valence-corrected chi connectivity index (χ4v) is 4.25. The van der Waals surface area contributed by atoms with Gasteiger partial charge in [-0.2, -0.15) is 0 Å². The third kappa shape index (κ3) is 4.76. The number of nitrogens with one attached hydrogen (secondary N) is 2. The highest BCUT2D eigenvalue weighted by molar-refractivity contribution is 5.75. The summed E-state index contributed by atoms with van der Waals surface area (Å²) in [6.45, 7) is 12.3. The van der Waals surface area contributed by atoms with E-state index in [2.05, 4.69) is 29.4 Å². The summed E-state index contributed by atoms with van der Waals surface area (Å²) >= 11 is 0. The SMILES string of the molecule is CC(C)NC(=O)N1CCN2[C@H](CN(C(=O)NCc3ccccc3)CC2(C)C)C1. The number of rotatable bonds is 3. The van der Waals surface area contributed by atoms with E-state index in [4.69, 9.17) is 0 Å². The molecule has 1 aromatic carbocycles. The lowest BCUT2D eigenvalue weighted by Crippen LogP contribution is -2.71. The Balaban J connectivity index is 1.62. The van der Waals surface area contributed by atoms with Crippen LogP contribution >= 0.6 is 0 Å². The van der Waals surface area contributed by atoms with Crippen molar-refractivity contribution in [3.63, 3.8) is 0 Å². The Morgan fingerprint density at radius 3 is 2.43 bits per heavy atom. The molecule has 2 fully saturated rings. The second-order valence-corrected chi connectivity index (χ2v) is 8.73. The smallest absolute Gasteiger partial charge is 0.317 e. The summed E-state index contributed by atoms with van der Waals surface area (Å²) in [4.78, 5) is 31.4. The van der Waals surface area contributed by atoms with Crippen LogP contribution in [0.2, 0.25) is 0 Å². The van der Waals surface area contributed by atoms with Crippen LogP contribution in [-0.4, -0.2) is 77.1 Å². The molecular weight excluding hydrogens is 354 g/mol. The molecule has 3 rings (SSSR count). The first-order chi connectivity index (χ1) is 13.3. The number of fused-ring (bicyclic) bond motifs is 1. The van der Waals surface area contributed by atoms with Crippen LogP contribution in [-0.2, 0) is 6.54 Å². The molecule has 2 N–H and O–H groups in total. The van der Waals surface area contributed by atoms with Crippen molar-refractivity contribution in [3.8, 4) is 0 Å². The number of nitrogens with zero attached hydrogens (tertiary/aromatic N) is 3. The average Bonchev–Trinajstić information content (AvgIpc) is 2.65. The van der Waals surface area contributed by atoms with Gasteiger partial charge in [0.25, 0.3) is 0 Å². The summed E-state index contributed by atoms with van der Waals surface area (Å²) in [5.74, 6) is 0. The summed E-state index contributed by atoms with van der Waals surface area (Å²) in [7, 11) is 0. The van der Waals surface area contributed by atoms with Crippen LogP contribution in [0, 0.1) is 0 Å². The van der Waals surface area contributed by atoms with Gasteiger partial charge in [0.1, 0.15) is 0 Å². The van der Waals surface area contributed by atoms with Crippen molar-refractivity contribution in [2.24, 2.45) is 0 Å². The van der Waals surface area contributed by atoms with E-state index in [9.17, 15) is 9.59 Å². The van der Waals surface area contributed by atoms with Crippen molar-refractivity contribution in [2.45, 2.75) is 51.9 Å². The summed E-state index contributed by atoms with van der Waals surface area (Å²) in [6.07, 6.45) is 0. The van der Waals surface area contributed by atoms with E-state index in [1.54, 1.807) is 0 Å². The minimum Gasteiger partial charge on any atom is -0.336 e. The van der Waals surface area contributed by atoms with Crippen LogP contribution in [0.3, 0.4) is 0 Å². The van der Waals surface area contributed by atoms with Crippen molar-refractivity contribution >= 4 is 12.1 Å². The van der Waals surface area contributed by atoms with Crippen LogP contribution in [0.25, 0.3) is 0 Å². The molecule has 0 spiro atoms.